The number of carboxylic acid groups (broad SMARTS) is 1. The molecule has 0 radical (unpaired) electrons. The van der Waals surface area contributed by atoms with Gasteiger partial charge in [0, 0.05) is 12.1 Å². The summed E-state index contributed by atoms with van der Waals surface area (Å²) in [5.74, 6) is -1.10. The summed E-state index contributed by atoms with van der Waals surface area (Å²) < 4.78 is 0. The topological polar surface area (TPSA) is 57.6 Å². The second kappa shape index (κ2) is 5.69. The zero-order valence-corrected chi connectivity index (χ0v) is 10.9. The number of likely N-dealkylation sites (tertiary alicyclic amines) is 1. The summed E-state index contributed by atoms with van der Waals surface area (Å²) in [7, 11) is 0. The van der Waals surface area contributed by atoms with E-state index in [1.807, 2.05) is 30.3 Å². The molecule has 1 aromatic rings. The Kier molecular flexibility index (Phi) is 4.00. The molecule has 0 spiro atoms. The quantitative estimate of drug-likeness (QED) is 0.846. The molecule has 1 fully saturated rings. The van der Waals surface area contributed by atoms with Crippen LogP contribution in [-0.4, -0.2) is 34.5 Å². The first-order chi connectivity index (χ1) is 9.09. The fourth-order valence-electron chi connectivity index (χ4n) is 2.35. The molecule has 0 aromatic heterocycles. The molecule has 1 N–H and O–H groups in total. The third kappa shape index (κ3) is 3.02. The number of carbonyl (C=O) groups is 2. The molecule has 0 saturated carbocycles. The van der Waals surface area contributed by atoms with Gasteiger partial charge in [0.1, 0.15) is 6.04 Å². The van der Waals surface area contributed by atoms with E-state index in [1.165, 1.54) is 4.90 Å². The summed E-state index contributed by atoms with van der Waals surface area (Å²) in [6, 6.07) is 8.87. The third-order valence-electron chi connectivity index (χ3n) is 3.32. The third-order valence-corrected chi connectivity index (χ3v) is 3.32. The molecule has 100 valence electrons. The maximum absolute atomic E-state index is 12.3. The van der Waals surface area contributed by atoms with Crippen LogP contribution in [0.25, 0.3) is 6.08 Å². The Morgan fingerprint density at radius 3 is 2.63 bits per heavy atom. The van der Waals surface area contributed by atoms with Crippen molar-refractivity contribution < 1.29 is 14.7 Å². The highest BCUT2D eigenvalue weighted by Gasteiger charge is 2.34. The van der Waals surface area contributed by atoms with E-state index in [2.05, 4.69) is 0 Å². The molecule has 1 aliphatic rings. The van der Waals surface area contributed by atoms with Crippen molar-refractivity contribution in [1.29, 1.82) is 0 Å². The smallest absolute Gasteiger partial charge is 0.326 e. The Morgan fingerprint density at radius 2 is 2.00 bits per heavy atom. The van der Waals surface area contributed by atoms with Crippen LogP contribution < -0.4 is 0 Å². The van der Waals surface area contributed by atoms with E-state index in [-0.39, 0.29) is 5.91 Å². The molecule has 2 rings (SSSR count). The van der Waals surface area contributed by atoms with Crippen LogP contribution in [0.5, 0.6) is 0 Å². The van der Waals surface area contributed by atoms with Crippen LogP contribution >= 0.6 is 0 Å². The number of hydrogen-bond acceptors (Lipinski definition) is 2. The van der Waals surface area contributed by atoms with Crippen LogP contribution in [-0.2, 0) is 9.59 Å². The predicted molar refractivity (Wildman–Crippen MR) is 72.5 cm³/mol. The van der Waals surface area contributed by atoms with Gasteiger partial charge in [-0.1, -0.05) is 30.3 Å². The minimum atomic E-state index is -0.918. The van der Waals surface area contributed by atoms with E-state index in [0.717, 1.165) is 12.0 Å². The lowest BCUT2D eigenvalue weighted by Crippen LogP contribution is -2.40. The Bertz CT molecular complexity index is 507. The summed E-state index contributed by atoms with van der Waals surface area (Å²) in [4.78, 5) is 24.8. The molecule has 1 atom stereocenters. The Morgan fingerprint density at radius 1 is 1.32 bits per heavy atom. The van der Waals surface area contributed by atoms with Gasteiger partial charge in [0.25, 0.3) is 0 Å². The predicted octanol–water partition coefficient (Wildman–Crippen LogP) is 2.17. The molecule has 1 saturated heterocycles. The number of carboxylic acids is 1. The van der Waals surface area contributed by atoms with Crippen molar-refractivity contribution in [3.8, 4) is 0 Å². The van der Waals surface area contributed by atoms with Gasteiger partial charge in [-0.15, -0.1) is 0 Å². The molecular weight excluding hydrogens is 242 g/mol. The highest BCUT2D eigenvalue weighted by Crippen LogP contribution is 2.20. The summed E-state index contributed by atoms with van der Waals surface area (Å²) in [6.07, 6.45) is 3.08. The van der Waals surface area contributed by atoms with Crippen molar-refractivity contribution in [2.45, 2.75) is 25.8 Å². The Hall–Kier alpha value is -2.10. The zero-order valence-electron chi connectivity index (χ0n) is 10.9. The van der Waals surface area contributed by atoms with Crippen LogP contribution in [0, 0.1) is 0 Å². The lowest BCUT2D eigenvalue weighted by atomic mass is 10.1. The van der Waals surface area contributed by atoms with Crippen molar-refractivity contribution in [3.05, 3.63) is 41.5 Å². The Balaban J connectivity index is 2.15. The Labute approximate surface area is 112 Å². The summed E-state index contributed by atoms with van der Waals surface area (Å²) in [6.45, 7) is 2.25. The number of amides is 1. The van der Waals surface area contributed by atoms with Gasteiger partial charge in [0.15, 0.2) is 0 Å². The lowest BCUT2D eigenvalue weighted by molar-refractivity contribution is -0.146. The average Bonchev–Trinajstić information content (AvgIpc) is 2.88. The van der Waals surface area contributed by atoms with Crippen LogP contribution in [0.1, 0.15) is 25.3 Å². The second-order valence-electron chi connectivity index (χ2n) is 4.73. The van der Waals surface area contributed by atoms with Crippen molar-refractivity contribution >= 4 is 18.0 Å². The molecule has 4 nitrogen and oxygen atoms in total. The first kappa shape index (κ1) is 13.3. The molecule has 0 unspecified atom stereocenters. The summed E-state index contributed by atoms with van der Waals surface area (Å²) in [5.41, 5.74) is 1.51. The maximum Gasteiger partial charge on any atom is 0.326 e. The number of benzene rings is 1. The first-order valence-electron chi connectivity index (χ1n) is 6.36. The average molecular weight is 259 g/mol. The number of nitrogens with zero attached hydrogens (tertiary/aromatic N) is 1. The van der Waals surface area contributed by atoms with Gasteiger partial charge < -0.3 is 10.0 Å². The molecular formula is C15H17NO3. The van der Waals surface area contributed by atoms with Gasteiger partial charge in [-0.2, -0.15) is 0 Å². The minimum absolute atomic E-state index is 0.186. The fourth-order valence-corrected chi connectivity index (χ4v) is 2.35. The molecule has 19 heavy (non-hydrogen) atoms. The summed E-state index contributed by atoms with van der Waals surface area (Å²) >= 11 is 0. The van der Waals surface area contributed by atoms with E-state index in [1.54, 1.807) is 13.0 Å². The molecule has 0 aliphatic carbocycles. The number of hydrogen-bond donors (Lipinski definition) is 1. The minimum Gasteiger partial charge on any atom is -0.480 e. The number of aliphatic carboxylic acids is 1. The lowest BCUT2D eigenvalue weighted by Gasteiger charge is -2.21. The van der Waals surface area contributed by atoms with E-state index in [9.17, 15) is 9.59 Å². The molecule has 1 aromatic carbocycles. The SMILES string of the molecule is CC(=Cc1ccccc1)C(=O)N1CCC[C@H]1C(=O)O. The maximum atomic E-state index is 12.3. The van der Waals surface area contributed by atoms with Crippen LogP contribution in [0.15, 0.2) is 35.9 Å². The number of rotatable bonds is 3. The first-order valence-corrected chi connectivity index (χ1v) is 6.36. The van der Waals surface area contributed by atoms with Gasteiger partial charge in [0.05, 0.1) is 0 Å². The van der Waals surface area contributed by atoms with E-state index in [4.69, 9.17) is 5.11 Å². The van der Waals surface area contributed by atoms with Crippen molar-refractivity contribution in [2.75, 3.05) is 6.54 Å². The van der Waals surface area contributed by atoms with Crippen molar-refractivity contribution in [1.82, 2.24) is 4.90 Å². The monoisotopic (exact) mass is 259 g/mol. The van der Waals surface area contributed by atoms with Gasteiger partial charge in [-0.25, -0.2) is 4.79 Å². The highest BCUT2D eigenvalue weighted by atomic mass is 16.4. The van der Waals surface area contributed by atoms with E-state index < -0.39 is 12.0 Å². The molecule has 1 aliphatic heterocycles. The second-order valence-corrected chi connectivity index (χ2v) is 4.73. The van der Waals surface area contributed by atoms with E-state index in [0.29, 0.717) is 18.5 Å². The van der Waals surface area contributed by atoms with Crippen molar-refractivity contribution in [2.24, 2.45) is 0 Å². The molecule has 1 heterocycles. The largest absolute Gasteiger partial charge is 0.480 e. The van der Waals surface area contributed by atoms with Crippen LogP contribution in [0.2, 0.25) is 0 Å². The highest BCUT2D eigenvalue weighted by molar-refractivity contribution is 5.99. The van der Waals surface area contributed by atoms with Crippen molar-refractivity contribution in [3.63, 3.8) is 0 Å². The standard InChI is InChI=1S/C15H17NO3/c1-11(10-12-6-3-2-4-7-12)14(17)16-9-5-8-13(16)15(18)19/h2-4,6-7,10,13H,5,8-9H2,1H3,(H,18,19)/t13-/m0/s1. The van der Waals surface area contributed by atoms with Crippen LogP contribution in [0.4, 0.5) is 0 Å². The van der Waals surface area contributed by atoms with E-state index >= 15 is 0 Å². The summed E-state index contributed by atoms with van der Waals surface area (Å²) in [5, 5.41) is 9.09. The molecule has 4 heteroatoms. The van der Waals surface area contributed by atoms with Crippen LogP contribution in [0.3, 0.4) is 0 Å². The fraction of sp³-hybridized carbons (Fsp3) is 0.333. The van der Waals surface area contributed by atoms with Gasteiger partial charge in [-0.05, 0) is 31.4 Å². The zero-order chi connectivity index (χ0) is 13.8. The molecule has 1 amide bonds. The molecule has 0 bridgehead atoms. The number of carbonyl (C=O) groups excluding carboxylic acids is 1. The van der Waals surface area contributed by atoms with Gasteiger partial charge in [0.2, 0.25) is 5.91 Å². The normalized spacial score (nSPS) is 19.5. The van der Waals surface area contributed by atoms with Gasteiger partial charge >= 0.3 is 5.97 Å². The van der Waals surface area contributed by atoms with Gasteiger partial charge in [-0.3, -0.25) is 4.79 Å².